The zero-order valence-electron chi connectivity index (χ0n) is 14.0. The Bertz CT molecular complexity index is 723. The Balaban J connectivity index is 1.94. The smallest absolute Gasteiger partial charge is 0.261 e. The van der Waals surface area contributed by atoms with Crippen molar-refractivity contribution in [1.82, 2.24) is 10.6 Å². The number of carbonyl (C=O) groups excluding carboxylic acids is 2. The fourth-order valence-corrected chi connectivity index (χ4v) is 3.33. The van der Waals surface area contributed by atoms with Gasteiger partial charge >= 0.3 is 0 Å². The minimum atomic E-state index is -0.160. The molecule has 0 fully saturated rings. The van der Waals surface area contributed by atoms with Gasteiger partial charge in [-0.2, -0.15) is 0 Å². The van der Waals surface area contributed by atoms with Crippen LogP contribution in [0.25, 0.3) is 0 Å². The monoisotopic (exact) mass is 408 g/mol. The second kappa shape index (κ2) is 7.94. The third-order valence-corrected chi connectivity index (χ3v) is 5.33. The molecule has 0 atom stereocenters. The van der Waals surface area contributed by atoms with E-state index in [-0.39, 0.29) is 17.2 Å². The summed E-state index contributed by atoms with van der Waals surface area (Å²) in [6.45, 7) is 6.69. The van der Waals surface area contributed by atoms with Crippen molar-refractivity contribution in [3.8, 4) is 0 Å². The number of amides is 2. The fraction of sp³-hybridized carbons (Fsp3) is 0.333. The topological polar surface area (TPSA) is 58.2 Å². The molecular formula is C18H21BrN2O2S. The number of benzene rings is 1. The van der Waals surface area contributed by atoms with Crippen LogP contribution in [0.5, 0.6) is 0 Å². The molecule has 0 unspecified atom stereocenters. The minimum absolute atomic E-state index is 0.0781. The Morgan fingerprint density at radius 1 is 1.08 bits per heavy atom. The Labute approximate surface area is 154 Å². The zero-order chi connectivity index (χ0) is 17.7. The van der Waals surface area contributed by atoms with Crippen molar-refractivity contribution in [3.05, 3.63) is 56.2 Å². The number of rotatable bonds is 6. The van der Waals surface area contributed by atoms with Crippen molar-refractivity contribution in [3.63, 3.8) is 0 Å². The van der Waals surface area contributed by atoms with E-state index in [9.17, 15) is 9.59 Å². The molecule has 0 aliphatic rings. The molecule has 0 radical (unpaired) electrons. The number of thiophene rings is 1. The number of carbonyl (C=O) groups is 2. The molecule has 128 valence electrons. The molecule has 0 aliphatic heterocycles. The Morgan fingerprint density at radius 2 is 1.75 bits per heavy atom. The van der Waals surface area contributed by atoms with Crippen LogP contribution in [0.1, 0.15) is 40.9 Å². The van der Waals surface area contributed by atoms with Crippen LogP contribution in [0.3, 0.4) is 0 Å². The molecule has 0 bridgehead atoms. The van der Waals surface area contributed by atoms with E-state index >= 15 is 0 Å². The number of halogens is 1. The lowest BCUT2D eigenvalue weighted by molar-refractivity contribution is -0.119. The van der Waals surface area contributed by atoms with Gasteiger partial charge in [0.1, 0.15) is 0 Å². The lowest BCUT2D eigenvalue weighted by atomic mass is 9.84. The van der Waals surface area contributed by atoms with Crippen LogP contribution in [-0.2, 0) is 16.8 Å². The first-order chi connectivity index (χ1) is 11.3. The summed E-state index contributed by atoms with van der Waals surface area (Å²) >= 11 is 4.83. The molecule has 24 heavy (non-hydrogen) atoms. The van der Waals surface area contributed by atoms with Crippen LogP contribution in [-0.4, -0.2) is 18.4 Å². The van der Waals surface area contributed by atoms with Crippen molar-refractivity contribution in [2.24, 2.45) is 0 Å². The summed E-state index contributed by atoms with van der Waals surface area (Å²) in [6.07, 6.45) is 0. The van der Waals surface area contributed by atoms with E-state index in [0.717, 1.165) is 9.35 Å². The Morgan fingerprint density at radius 3 is 2.38 bits per heavy atom. The van der Waals surface area contributed by atoms with Gasteiger partial charge in [-0.05, 0) is 29.8 Å². The molecule has 2 amide bonds. The van der Waals surface area contributed by atoms with Gasteiger partial charge in [0.05, 0.1) is 11.4 Å². The van der Waals surface area contributed by atoms with Gasteiger partial charge in [0.25, 0.3) is 5.91 Å². The van der Waals surface area contributed by atoms with Crippen molar-refractivity contribution in [2.45, 2.75) is 32.7 Å². The summed E-state index contributed by atoms with van der Waals surface area (Å²) in [4.78, 5) is 24.9. The fourth-order valence-electron chi connectivity index (χ4n) is 2.20. The van der Waals surface area contributed by atoms with Crippen molar-refractivity contribution >= 4 is 39.1 Å². The molecule has 2 N–H and O–H groups in total. The highest BCUT2D eigenvalue weighted by atomic mass is 79.9. The predicted molar refractivity (Wildman–Crippen MR) is 101 cm³/mol. The van der Waals surface area contributed by atoms with Gasteiger partial charge in [0.15, 0.2) is 0 Å². The van der Waals surface area contributed by atoms with Gasteiger partial charge in [-0.15, -0.1) is 11.3 Å². The van der Waals surface area contributed by atoms with E-state index in [1.165, 1.54) is 23.8 Å². The molecule has 1 aromatic carbocycles. The first-order valence-corrected chi connectivity index (χ1v) is 9.26. The molecule has 6 heteroatoms. The van der Waals surface area contributed by atoms with Crippen molar-refractivity contribution in [1.29, 1.82) is 0 Å². The summed E-state index contributed by atoms with van der Waals surface area (Å²) < 4.78 is 1.04. The van der Waals surface area contributed by atoms with E-state index in [2.05, 4.69) is 52.5 Å². The van der Waals surface area contributed by atoms with Crippen LogP contribution in [0.2, 0.25) is 0 Å². The molecule has 4 nitrogen and oxygen atoms in total. The van der Waals surface area contributed by atoms with Crippen molar-refractivity contribution in [2.75, 3.05) is 6.54 Å². The molecule has 2 rings (SSSR count). The summed E-state index contributed by atoms with van der Waals surface area (Å²) in [5.74, 6) is -0.162. The van der Waals surface area contributed by atoms with E-state index < -0.39 is 0 Å². The Hall–Kier alpha value is -1.66. The van der Waals surface area contributed by atoms with Crippen LogP contribution >= 0.6 is 27.3 Å². The van der Waals surface area contributed by atoms with Gasteiger partial charge < -0.3 is 10.6 Å². The number of hydrogen-bond acceptors (Lipinski definition) is 3. The summed E-state index contributed by atoms with van der Waals surface area (Å²) in [6, 6.07) is 11.8. The van der Waals surface area contributed by atoms with Crippen molar-refractivity contribution < 1.29 is 9.59 Å². The average Bonchev–Trinajstić information content (AvgIpc) is 3.00. The van der Waals surface area contributed by atoms with E-state index in [1.54, 1.807) is 6.07 Å². The maximum atomic E-state index is 12.3. The molecule has 0 aliphatic carbocycles. The maximum Gasteiger partial charge on any atom is 0.261 e. The van der Waals surface area contributed by atoms with Gasteiger partial charge in [-0.1, -0.05) is 41.9 Å². The highest BCUT2D eigenvalue weighted by Crippen LogP contribution is 2.24. The molecule has 0 spiro atoms. The highest BCUT2D eigenvalue weighted by Gasteiger charge is 2.22. The van der Waals surface area contributed by atoms with Crippen LogP contribution < -0.4 is 10.6 Å². The van der Waals surface area contributed by atoms with Crippen LogP contribution in [0, 0.1) is 0 Å². The van der Waals surface area contributed by atoms with Gasteiger partial charge in [0, 0.05) is 28.2 Å². The Kier molecular flexibility index (Phi) is 6.18. The lowest BCUT2D eigenvalue weighted by Gasteiger charge is -2.25. The largest absolute Gasteiger partial charge is 0.351 e. The molecule has 0 saturated carbocycles. The molecule has 2 aromatic rings. The number of nitrogens with one attached hydrogen (secondary N) is 2. The highest BCUT2D eigenvalue weighted by molar-refractivity contribution is 9.10. The third-order valence-electron chi connectivity index (χ3n) is 3.71. The molecule has 1 heterocycles. The summed E-state index contributed by atoms with van der Waals surface area (Å²) in [5.41, 5.74) is 1.01. The lowest BCUT2D eigenvalue weighted by Crippen LogP contribution is -2.36. The summed E-state index contributed by atoms with van der Waals surface area (Å²) in [5, 5.41) is 5.74. The second-order valence-corrected chi connectivity index (χ2v) is 8.33. The molecule has 0 saturated heterocycles. The van der Waals surface area contributed by atoms with E-state index in [4.69, 9.17) is 0 Å². The second-order valence-electron chi connectivity index (χ2n) is 6.25. The zero-order valence-corrected chi connectivity index (χ0v) is 16.4. The standard InChI is InChI=1S/C18H21BrN2O2S/c1-12(22)20-10-15-8-9-16(24-15)17(23)21-11-18(2,3)13-4-6-14(19)7-5-13/h4-9H,10-11H2,1-3H3,(H,20,22)(H,21,23). The first-order valence-electron chi connectivity index (χ1n) is 7.65. The van der Waals surface area contributed by atoms with Gasteiger partial charge in [-0.3, -0.25) is 9.59 Å². The maximum absolute atomic E-state index is 12.3. The SMILES string of the molecule is CC(=O)NCc1ccc(C(=O)NCC(C)(C)c2ccc(Br)cc2)s1. The minimum Gasteiger partial charge on any atom is -0.351 e. The van der Waals surface area contributed by atoms with E-state index in [0.29, 0.717) is 18.0 Å². The quantitative estimate of drug-likeness (QED) is 0.762. The number of hydrogen-bond donors (Lipinski definition) is 2. The van der Waals surface area contributed by atoms with E-state index in [1.807, 2.05) is 18.2 Å². The third kappa shape index (κ3) is 5.18. The molecular weight excluding hydrogens is 388 g/mol. The molecule has 1 aromatic heterocycles. The first kappa shape index (κ1) is 18.7. The van der Waals surface area contributed by atoms with Gasteiger partial charge in [-0.25, -0.2) is 0 Å². The predicted octanol–water partition coefficient (Wildman–Crippen LogP) is 3.85. The van der Waals surface area contributed by atoms with Crippen LogP contribution in [0.4, 0.5) is 0 Å². The summed E-state index contributed by atoms with van der Waals surface area (Å²) in [7, 11) is 0. The average molecular weight is 409 g/mol. The van der Waals surface area contributed by atoms with Gasteiger partial charge in [0.2, 0.25) is 5.91 Å². The normalized spacial score (nSPS) is 11.2. The van der Waals surface area contributed by atoms with Crippen LogP contribution in [0.15, 0.2) is 40.9 Å².